The summed E-state index contributed by atoms with van der Waals surface area (Å²) < 4.78 is 0. The van der Waals surface area contributed by atoms with Crippen LogP contribution in [-0.2, 0) is 0 Å². The number of piperidine rings is 1. The Morgan fingerprint density at radius 1 is 1.14 bits per heavy atom. The number of halogens is 2. The van der Waals surface area contributed by atoms with Crippen molar-refractivity contribution >= 4 is 23.2 Å². The Morgan fingerprint density at radius 2 is 1.90 bits per heavy atom. The van der Waals surface area contributed by atoms with Crippen molar-refractivity contribution in [2.45, 2.75) is 44.7 Å². The molecule has 0 saturated carbocycles. The zero-order chi connectivity index (χ0) is 14.8. The molecule has 0 amide bonds. The summed E-state index contributed by atoms with van der Waals surface area (Å²) in [5.74, 6) is 0.866. The number of rotatable bonds is 3. The number of benzene rings is 1. The molecule has 0 bridgehead atoms. The molecule has 0 radical (unpaired) electrons. The van der Waals surface area contributed by atoms with Gasteiger partial charge < -0.3 is 5.32 Å². The Bertz CT molecular complexity index is 478. The zero-order valence-corrected chi connectivity index (χ0v) is 14.1. The van der Waals surface area contributed by atoms with E-state index < -0.39 is 0 Å². The van der Waals surface area contributed by atoms with Crippen LogP contribution >= 0.6 is 23.2 Å². The first-order chi connectivity index (χ1) is 10.1. The first kappa shape index (κ1) is 15.6. The Kier molecular flexibility index (Phi) is 5.11. The molecule has 2 atom stereocenters. The van der Waals surface area contributed by atoms with E-state index in [1.165, 1.54) is 50.9 Å². The molecule has 2 aliphatic rings. The summed E-state index contributed by atoms with van der Waals surface area (Å²) in [4.78, 5) is 2.57. The van der Waals surface area contributed by atoms with Crippen LogP contribution < -0.4 is 5.32 Å². The number of nitrogens with zero attached hydrogens (tertiary/aromatic N) is 1. The average molecular weight is 327 g/mol. The van der Waals surface area contributed by atoms with E-state index in [2.05, 4.69) is 23.2 Å². The fraction of sp³-hybridized carbons (Fsp3) is 0.647. The largest absolute Gasteiger partial charge is 0.314 e. The van der Waals surface area contributed by atoms with Gasteiger partial charge in [-0.25, -0.2) is 0 Å². The third-order valence-electron chi connectivity index (χ3n) is 5.22. The van der Waals surface area contributed by atoms with Crippen molar-refractivity contribution in [3.05, 3.63) is 33.8 Å². The maximum absolute atomic E-state index is 6.15. The minimum absolute atomic E-state index is 0.414. The fourth-order valence-electron chi connectivity index (χ4n) is 3.81. The summed E-state index contributed by atoms with van der Waals surface area (Å²) in [6.07, 6.45) is 5.34. The lowest BCUT2D eigenvalue weighted by molar-refractivity contribution is 0.126. The summed E-state index contributed by atoms with van der Waals surface area (Å²) in [7, 11) is 0. The summed E-state index contributed by atoms with van der Waals surface area (Å²) in [6, 6.07) is 7.21. The van der Waals surface area contributed by atoms with Crippen LogP contribution in [0.3, 0.4) is 0 Å². The molecule has 0 aromatic heterocycles. The second-order valence-corrected chi connectivity index (χ2v) is 7.24. The predicted octanol–water partition coefficient (Wildman–Crippen LogP) is 4.52. The molecular formula is C17H24Cl2N2. The van der Waals surface area contributed by atoms with E-state index in [1.54, 1.807) is 0 Å². The highest BCUT2D eigenvalue weighted by molar-refractivity contribution is 6.42. The molecule has 2 fully saturated rings. The van der Waals surface area contributed by atoms with E-state index in [4.69, 9.17) is 23.2 Å². The molecule has 2 unspecified atom stereocenters. The SMILES string of the molecule is CC(c1ccc(Cl)c(Cl)c1)N1CCC(C2CCCN2)CC1. The van der Waals surface area contributed by atoms with Gasteiger partial charge in [0.1, 0.15) is 0 Å². The molecule has 2 nitrogen and oxygen atoms in total. The van der Waals surface area contributed by atoms with E-state index in [0.29, 0.717) is 16.1 Å². The highest BCUT2D eigenvalue weighted by atomic mass is 35.5. The van der Waals surface area contributed by atoms with E-state index in [0.717, 1.165) is 12.0 Å². The maximum atomic E-state index is 6.15. The van der Waals surface area contributed by atoms with Gasteiger partial charge in [-0.3, -0.25) is 4.90 Å². The predicted molar refractivity (Wildman–Crippen MR) is 90.2 cm³/mol. The first-order valence-corrected chi connectivity index (χ1v) is 8.83. The Labute approximate surface area is 137 Å². The lowest BCUT2D eigenvalue weighted by atomic mass is 9.87. The van der Waals surface area contributed by atoms with Gasteiger partial charge in [0, 0.05) is 12.1 Å². The van der Waals surface area contributed by atoms with Crippen molar-refractivity contribution in [2.75, 3.05) is 19.6 Å². The molecule has 1 aromatic carbocycles. The van der Waals surface area contributed by atoms with Crippen LogP contribution in [0.25, 0.3) is 0 Å². The quantitative estimate of drug-likeness (QED) is 0.878. The molecule has 2 heterocycles. The minimum atomic E-state index is 0.414. The Hall–Kier alpha value is -0.280. The van der Waals surface area contributed by atoms with Crippen LogP contribution in [0.2, 0.25) is 10.0 Å². The number of likely N-dealkylation sites (tertiary alicyclic amines) is 1. The topological polar surface area (TPSA) is 15.3 Å². The van der Waals surface area contributed by atoms with Gasteiger partial charge in [-0.15, -0.1) is 0 Å². The molecule has 0 aliphatic carbocycles. The van der Waals surface area contributed by atoms with Gasteiger partial charge in [-0.1, -0.05) is 29.3 Å². The van der Waals surface area contributed by atoms with Crippen molar-refractivity contribution in [3.8, 4) is 0 Å². The molecule has 2 saturated heterocycles. The van der Waals surface area contributed by atoms with Crippen molar-refractivity contribution in [1.82, 2.24) is 10.2 Å². The Balaban J connectivity index is 1.59. The molecule has 116 valence electrons. The van der Waals surface area contributed by atoms with Gasteiger partial charge in [0.15, 0.2) is 0 Å². The van der Waals surface area contributed by atoms with Gasteiger partial charge in [-0.05, 0) is 75.9 Å². The third kappa shape index (κ3) is 3.56. The van der Waals surface area contributed by atoms with Crippen LogP contribution in [-0.4, -0.2) is 30.6 Å². The first-order valence-electron chi connectivity index (χ1n) is 8.07. The molecule has 1 N–H and O–H groups in total. The van der Waals surface area contributed by atoms with Gasteiger partial charge >= 0.3 is 0 Å². The highest BCUT2D eigenvalue weighted by Gasteiger charge is 2.30. The monoisotopic (exact) mass is 326 g/mol. The van der Waals surface area contributed by atoms with Crippen molar-refractivity contribution in [3.63, 3.8) is 0 Å². The Morgan fingerprint density at radius 3 is 2.52 bits per heavy atom. The summed E-state index contributed by atoms with van der Waals surface area (Å²) in [5, 5.41) is 4.96. The maximum Gasteiger partial charge on any atom is 0.0595 e. The van der Waals surface area contributed by atoms with Crippen LogP contribution in [0.15, 0.2) is 18.2 Å². The van der Waals surface area contributed by atoms with Crippen molar-refractivity contribution in [2.24, 2.45) is 5.92 Å². The van der Waals surface area contributed by atoms with E-state index in [-0.39, 0.29) is 0 Å². The van der Waals surface area contributed by atoms with E-state index in [1.807, 2.05) is 12.1 Å². The third-order valence-corrected chi connectivity index (χ3v) is 5.95. The molecular weight excluding hydrogens is 303 g/mol. The number of nitrogens with one attached hydrogen (secondary N) is 1. The summed E-state index contributed by atoms with van der Waals surface area (Å²) in [5.41, 5.74) is 1.27. The summed E-state index contributed by atoms with van der Waals surface area (Å²) in [6.45, 7) is 5.85. The number of hydrogen-bond donors (Lipinski definition) is 1. The van der Waals surface area contributed by atoms with Crippen LogP contribution in [0, 0.1) is 5.92 Å². The standard InChI is InChI=1S/C17H24Cl2N2/c1-12(14-4-5-15(18)16(19)11-14)21-9-6-13(7-10-21)17-3-2-8-20-17/h4-5,11-13,17,20H,2-3,6-10H2,1H3. The smallest absolute Gasteiger partial charge is 0.0595 e. The molecule has 2 aliphatic heterocycles. The van der Waals surface area contributed by atoms with Gasteiger partial charge in [0.25, 0.3) is 0 Å². The van der Waals surface area contributed by atoms with Gasteiger partial charge in [0.2, 0.25) is 0 Å². The van der Waals surface area contributed by atoms with Crippen LogP contribution in [0.4, 0.5) is 0 Å². The molecule has 21 heavy (non-hydrogen) atoms. The molecule has 3 rings (SSSR count). The second-order valence-electron chi connectivity index (χ2n) is 6.43. The molecule has 1 aromatic rings. The van der Waals surface area contributed by atoms with E-state index >= 15 is 0 Å². The summed E-state index contributed by atoms with van der Waals surface area (Å²) >= 11 is 12.2. The zero-order valence-electron chi connectivity index (χ0n) is 12.6. The van der Waals surface area contributed by atoms with Gasteiger partial charge in [0.05, 0.1) is 10.0 Å². The second kappa shape index (κ2) is 6.87. The molecule has 0 spiro atoms. The van der Waals surface area contributed by atoms with Crippen molar-refractivity contribution in [1.29, 1.82) is 0 Å². The normalized spacial score (nSPS) is 26.1. The minimum Gasteiger partial charge on any atom is -0.314 e. The van der Waals surface area contributed by atoms with Crippen LogP contribution in [0.1, 0.15) is 44.2 Å². The fourth-order valence-corrected chi connectivity index (χ4v) is 4.11. The number of hydrogen-bond acceptors (Lipinski definition) is 2. The average Bonchev–Trinajstić information content (AvgIpc) is 3.04. The van der Waals surface area contributed by atoms with Crippen molar-refractivity contribution < 1.29 is 0 Å². The van der Waals surface area contributed by atoms with E-state index in [9.17, 15) is 0 Å². The lowest BCUT2D eigenvalue weighted by Crippen LogP contribution is -2.41. The molecule has 4 heteroatoms. The van der Waals surface area contributed by atoms with Gasteiger partial charge in [-0.2, -0.15) is 0 Å². The lowest BCUT2D eigenvalue weighted by Gasteiger charge is -2.38. The highest BCUT2D eigenvalue weighted by Crippen LogP contribution is 2.32. The van der Waals surface area contributed by atoms with Crippen LogP contribution in [0.5, 0.6) is 0 Å².